The summed E-state index contributed by atoms with van der Waals surface area (Å²) in [7, 11) is -3.93. The standard InChI is InChI=1S/C23H32N4O4S.ClH/c1-6-18-22(19(7-2)26(25-18)14-15(3)24)32(30,31)17-10-8-9-16(11-17)27-20(28)12-23(4,5)13-21(27)29;/h8-11,15H,6-7,12-14,24H2,1-5H3;1H/t15-;/m0./s1. The minimum absolute atomic E-state index is 0. The fraction of sp³-hybridized carbons (Fsp3) is 0.522. The van der Waals surface area contributed by atoms with Crippen LogP contribution in [0, 0.1) is 5.41 Å². The van der Waals surface area contributed by atoms with E-state index in [2.05, 4.69) is 5.10 Å². The van der Waals surface area contributed by atoms with Gasteiger partial charge in [0.05, 0.1) is 28.5 Å². The molecule has 8 nitrogen and oxygen atoms in total. The smallest absolute Gasteiger partial charge is 0.234 e. The van der Waals surface area contributed by atoms with Crippen molar-refractivity contribution >= 4 is 39.7 Å². The van der Waals surface area contributed by atoms with E-state index in [0.717, 1.165) is 4.90 Å². The number of nitrogens with two attached hydrogens (primary N) is 1. The van der Waals surface area contributed by atoms with Gasteiger partial charge in [-0.05, 0) is 43.4 Å². The molecule has 0 bridgehead atoms. The second kappa shape index (κ2) is 9.95. The number of amides is 2. The van der Waals surface area contributed by atoms with Crippen LogP contribution in [0.1, 0.15) is 58.8 Å². The number of carbonyl (C=O) groups is 2. The van der Waals surface area contributed by atoms with Crippen molar-refractivity contribution in [3.63, 3.8) is 0 Å². The lowest BCUT2D eigenvalue weighted by Gasteiger charge is -2.34. The van der Waals surface area contributed by atoms with E-state index >= 15 is 0 Å². The summed E-state index contributed by atoms with van der Waals surface area (Å²) in [5.74, 6) is -0.650. The highest BCUT2D eigenvalue weighted by atomic mass is 35.5. The normalized spacial score (nSPS) is 17.1. The Hall–Kier alpha value is -2.23. The molecular formula is C23H33ClN4O4S. The second-order valence-electron chi connectivity index (χ2n) is 9.23. The number of nitrogens with zero attached hydrogens (tertiary/aromatic N) is 3. The zero-order valence-corrected chi connectivity index (χ0v) is 21.4. The highest BCUT2D eigenvalue weighted by Crippen LogP contribution is 2.36. The van der Waals surface area contributed by atoms with Gasteiger partial charge in [0.25, 0.3) is 0 Å². The summed E-state index contributed by atoms with van der Waals surface area (Å²) in [5, 5.41) is 4.52. The molecule has 1 aliphatic rings. The summed E-state index contributed by atoms with van der Waals surface area (Å²) >= 11 is 0. The van der Waals surface area contributed by atoms with Crippen molar-refractivity contribution in [3.8, 4) is 0 Å². The van der Waals surface area contributed by atoms with Gasteiger partial charge in [-0.2, -0.15) is 5.10 Å². The number of imide groups is 1. The molecule has 2 amide bonds. The van der Waals surface area contributed by atoms with Crippen molar-refractivity contribution in [2.75, 3.05) is 4.90 Å². The Bertz CT molecular complexity index is 1140. The summed E-state index contributed by atoms with van der Waals surface area (Å²) < 4.78 is 29.1. The number of benzene rings is 1. The van der Waals surface area contributed by atoms with Crippen LogP contribution in [-0.4, -0.2) is 36.1 Å². The number of sulfone groups is 1. The maximum atomic E-state index is 13.7. The van der Waals surface area contributed by atoms with Crippen LogP contribution in [0.25, 0.3) is 0 Å². The molecule has 2 heterocycles. The second-order valence-corrected chi connectivity index (χ2v) is 11.1. The van der Waals surface area contributed by atoms with Crippen LogP contribution in [0.5, 0.6) is 0 Å². The predicted molar refractivity (Wildman–Crippen MR) is 129 cm³/mol. The number of aromatic nitrogens is 2. The van der Waals surface area contributed by atoms with Crippen LogP contribution >= 0.6 is 12.4 Å². The van der Waals surface area contributed by atoms with Gasteiger partial charge in [0.1, 0.15) is 4.90 Å². The van der Waals surface area contributed by atoms with Crippen molar-refractivity contribution in [1.82, 2.24) is 9.78 Å². The average molecular weight is 497 g/mol. The van der Waals surface area contributed by atoms with Crippen LogP contribution in [0.2, 0.25) is 0 Å². The van der Waals surface area contributed by atoms with Crippen molar-refractivity contribution in [2.24, 2.45) is 11.1 Å². The Morgan fingerprint density at radius 3 is 2.24 bits per heavy atom. The number of rotatable bonds is 7. The Balaban J connectivity index is 0.00000385. The maximum Gasteiger partial charge on any atom is 0.234 e. The Morgan fingerprint density at radius 1 is 1.12 bits per heavy atom. The van der Waals surface area contributed by atoms with E-state index in [1.165, 1.54) is 12.1 Å². The molecule has 10 heteroatoms. The zero-order valence-electron chi connectivity index (χ0n) is 19.8. The molecule has 182 valence electrons. The van der Waals surface area contributed by atoms with Gasteiger partial charge in [0.2, 0.25) is 21.7 Å². The highest BCUT2D eigenvalue weighted by molar-refractivity contribution is 7.91. The largest absolute Gasteiger partial charge is 0.326 e. The molecule has 0 aliphatic carbocycles. The third kappa shape index (κ3) is 5.31. The topological polar surface area (TPSA) is 115 Å². The molecule has 0 spiro atoms. The highest BCUT2D eigenvalue weighted by Gasteiger charge is 2.38. The summed E-state index contributed by atoms with van der Waals surface area (Å²) in [6.07, 6.45) is 1.37. The number of anilines is 1. The third-order valence-corrected chi connectivity index (χ3v) is 7.50. The zero-order chi connectivity index (χ0) is 23.8. The lowest BCUT2D eigenvalue weighted by atomic mass is 9.81. The molecule has 0 radical (unpaired) electrons. The molecule has 1 aromatic carbocycles. The molecule has 1 saturated heterocycles. The fourth-order valence-electron chi connectivity index (χ4n) is 4.22. The van der Waals surface area contributed by atoms with E-state index in [4.69, 9.17) is 5.73 Å². The molecule has 1 aliphatic heterocycles. The summed E-state index contributed by atoms with van der Waals surface area (Å²) in [6.45, 7) is 9.76. The predicted octanol–water partition coefficient (Wildman–Crippen LogP) is 3.29. The van der Waals surface area contributed by atoms with Crippen molar-refractivity contribution < 1.29 is 18.0 Å². The van der Waals surface area contributed by atoms with Crippen LogP contribution in [0.4, 0.5) is 5.69 Å². The van der Waals surface area contributed by atoms with E-state index in [0.29, 0.717) is 30.8 Å². The molecule has 3 rings (SSSR count). The van der Waals surface area contributed by atoms with E-state index in [1.807, 2.05) is 34.6 Å². The van der Waals surface area contributed by atoms with Gasteiger partial charge < -0.3 is 5.73 Å². The van der Waals surface area contributed by atoms with Gasteiger partial charge in [-0.15, -0.1) is 12.4 Å². The van der Waals surface area contributed by atoms with Crippen molar-refractivity contribution in [1.29, 1.82) is 0 Å². The molecule has 1 atom stereocenters. The van der Waals surface area contributed by atoms with Gasteiger partial charge in [-0.25, -0.2) is 8.42 Å². The van der Waals surface area contributed by atoms with E-state index in [-0.39, 0.29) is 58.6 Å². The van der Waals surface area contributed by atoms with Gasteiger partial charge in [0, 0.05) is 18.9 Å². The summed E-state index contributed by atoms with van der Waals surface area (Å²) in [5.41, 5.74) is 6.90. The van der Waals surface area contributed by atoms with Crippen LogP contribution in [-0.2, 0) is 38.8 Å². The molecule has 2 N–H and O–H groups in total. The molecule has 1 fully saturated rings. The SMILES string of the molecule is CCc1nn(C[C@H](C)N)c(CC)c1S(=O)(=O)c1cccc(N2C(=O)CC(C)(C)CC2=O)c1.Cl. The fourth-order valence-corrected chi connectivity index (χ4v) is 6.04. The van der Waals surface area contributed by atoms with Crippen molar-refractivity contribution in [2.45, 2.75) is 82.7 Å². The van der Waals surface area contributed by atoms with Crippen LogP contribution in [0.3, 0.4) is 0 Å². The molecule has 1 aromatic heterocycles. The Labute approximate surface area is 201 Å². The van der Waals surface area contributed by atoms with Crippen molar-refractivity contribution in [3.05, 3.63) is 35.7 Å². The molecular weight excluding hydrogens is 464 g/mol. The minimum Gasteiger partial charge on any atom is -0.326 e. The quantitative estimate of drug-likeness (QED) is 0.588. The van der Waals surface area contributed by atoms with Crippen LogP contribution in [0.15, 0.2) is 34.1 Å². The molecule has 0 unspecified atom stereocenters. The van der Waals surface area contributed by atoms with E-state index in [9.17, 15) is 18.0 Å². The average Bonchev–Trinajstić information content (AvgIpc) is 3.04. The number of halogens is 1. The lowest BCUT2D eigenvalue weighted by Crippen LogP contribution is -2.46. The summed E-state index contributed by atoms with van der Waals surface area (Å²) in [6, 6.07) is 5.87. The first-order valence-corrected chi connectivity index (χ1v) is 12.4. The number of hydrogen-bond acceptors (Lipinski definition) is 6. The molecule has 0 saturated carbocycles. The number of piperidine rings is 1. The number of carbonyl (C=O) groups excluding carboxylic acids is 2. The van der Waals surface area contributed by atoms with Gasteiger partial charge in [0.15, 0.2) is 0 Å². The Morgan fingerprint density at radius 2 is 1.73 bits per heavy atom. The first-order valence-electron chi connectivity index (χ1n) is 11.0. The van der Waals surface area contributed by atoms with Crippen LogP contribution < -0.4 is 10.6 Å². The maximum absolute atomic E-state index is 13.7. The van der Waals surface area contributed by atoms with Gasteiger partial charge >= 0.3 is 0 Å². The minimum atomic E-state index is -3.93. The first kappa shape index (κ1) is 27.0. The third-order valence-electron chi connectivity index (χ3n) is 5.62. The number of aryl methyl sites for hydroxylation is 1. The molecule has 33 heavy (non-hydrogen) atoms. The Kier molecular flexibility index (Phi) is 8.14. The first-order chi connectivity index (χ1) is 14.9. The van der Waals surface area contributed by atoms with Gasteiger partial charge in [-0.1, -0.05) is 33.8 Å². The number of hydrogen-bond donors (Lipinski definition) is 1. The molecule has 2 aromatic rings. The van der Waals surface area contributed by atoms with E-state index in [1.54, 1.807) is 16.8 Å². The lowest BCUT2D eigenvalue weighted by molar-refractivity contribution is -0.132. The van der Waals surface area contributed by atoms with E-state index < -0.39 is 15.3 Å². The van der Waals surface area contributed by atoms with Gasteiger partial charge in [-0.3, -0.25) is 19.2 Å². The monoisotopic (exact) mass is 496 g/mol. The summed E-state index contributed by atoms with van der Waals surface area (Å²) in [4.78, 5) is 26.7.